The van der Waals surface area contributed by atoms with Gasteiger partial charge in [-0.3, -0.25) is 9.59 Å². The van der Waals surface area contributed by atoms with Crippen LogP contribution in [0.1, 0.15) is 425 Å². The second-order valence-electron chi connectivity index (χ2n) is 29.8. The lowest BCUT2D eigenvalue weighted by molar-refractivity contribution is -0.870. The number of hydrogen-bond acceptors (Lipinski definition) is 7. The number of nitrogens with zero attached hydrogens (tertiary/aromatic N) is 1. The summed E-state index contributed by atoms with van der Waals surface area (Å²) in [4.78, 5) is 37.8. The van der Waals surface area contributed by atoms with E-state index >= 15 is 0 Å². The molecular formula is C86H162NO8+. The number of likely N-dealkylation sites (N-methyl/N-ethyl adjacent to an activating group) is 1. The Morgan fingerprint density at radius 1 is 0.316 bits per heavy atom. The summed E-state index contributed by atoms with van der Waals surface area (Å²) in [5, 5.41) is 9.78. The van der Waals surface area contributed by atoms with Crippen LogP contribution >= 0.6 is 0 Å². The van der Waals surface area contributed by atoms with Crippen LogP contribution in [0.5, 0.6) is 0 Å². The molecule has 0 rings (SSSR count). The first-order valence-corrected chi connectivity index (χ1v) is 41.8. The molecule has 0 bridgehead atoms. The fraction of sp³-hybridized carbons (Fsp3) is 0.872. The van der Waals surface area contributed by atoms with Gasteiger partial charge in [-0.25, -0.2) is 4.79 Å². The van der Waals surface area contributed by atoms with E-state index in [2.05, 4.69) is 62.5 Å². The van der Waals surface area contributed by atoms with E-state index in [-0.39, 0.29) is 38.2 Å². The zero-order valence-corrected chi connectivity index (χ0v) is 64.1. The largest absolute Gasteiger partial charge is 0.477 e. The monoisotopic (exact) mass is 1340 g/mol. The molecule has 0 aromatic heterocycles. The summed E-state index contributed by atoms with van der Waals surface area (Å²) >= 11 is 0. The standard InChI is InChI=1S/C86H161NO8/c1-6-8-10-12-14-16-18-20-22-24-26-28-30-32-34-36-37-38-39-40-41-42-43-44-45-46-47-49-51-53-55-57-59-61-63-65-67-69-71-73-75-77-84(89)95-82(81-94-86(85(90)91)92-79-78-87(3,4)5)80-93-83(88)76-74-72-70-68-66-64-62-60-58-56-54-52-50-48-35-33-31-29-27-25-23-21-19-17-15-13-11-9-7-2/h18,20,24-27,30,32,82,86H,6-17,19,21-23,28-29,31,33-81H2,1-5H3/p+1/b20-18-,26-24-,27-25-,32-30-. The number of unbranched alkanes of at least 4 members (excludes halogenated alkanes) is 56. The van der Waals surface area contributed by atoms with Crippen molar-refractivity contribution in [1.29, 1.82) is 0 Å². The van der Waals surface area contributed by atoms with Crippen molar-refractivity contribution in [2.24, 2.45) is 0 Å². The Bertz CT molecular complexity index is 1700. The van der Waals surface area contributed by atoms with Crippen LogP contribution in [0.15, 0.2) is 48.6 Å². The van der Waals surface area contributed by atoms with Gasteiger partial charge in [0, 0.05) is 12.8 Å². The van der Waals surface area contributed by atoms with Gasteiger partial charge < -0.3 is 28.5 Å². The van der Waals surface area contributed by atoms with Crippen LogP contribution in [0.4, 0.5) is 0 Å². The number of hydrogen-bond donors (Lipinski definition) is 1. The van der Waals surface area contributed by atoms with Gasteiger partial charge in [-0.1, -0.05) is 383 Å². The molecule has 0 radical (unpaired) electrons. The molecule has 1 N–H and O–H groups in total. The second-order valence-corrected chi connectivity index (χ2v) is 29.8. The zero-order chi connectivity index (χ0) is 69.0. The highest BCUT2D eigenvalue weighted by atomic mass is 16.7. The summed E-state index contributed by atoms with van der Waals surface area (Å²) in [5.41, 5.74) is 0. The average Bonchev–Trinajstić information content (AvgIpc) is 3.54. The Hall–Kier alpha value is -2.75. The molecule has 0 fully saturated rings. The van der Waals surface area contributed by atoms with Gasteiger partial charge in [-0.15, -0.1) is 0 Å². The Morgan fingerprint density at radius 3 is 0.853 bits per heavy atom. The van der Waals surface area contributed by atoms with E-state index in [9.17, 15) is 19.5 Å². The predicted octanol–water partition coefficient (Wildman–Crippen LogP) is 26.8. The molecule has 95 heavy (non-hydrogen) atoms. The van der Waals surface area contributed by atoms with Gasteiger partial charge in [0.05, 0.1) is 34.4 Å². The molecule has 0 saturated carbocycles. The number of carbonyl (C=O) groups is 3. The number of esters is 2. The molecule has 0 aliphatic rings. The Morgan fingerprint density at radius 2 is 0.568 bits per heavy atom. The highest BCUT2D eigenvalue weighted by molar-refractivity contribution is 5.71. The van der Waals surface area contributed by atoms with Crippen molar-refractivity contribution < 1.29 is 42.9 Å². The van der Waals surface area contributed by atoms with E-state index < -0.39 is 18.4 Å². The SMILES string of the molecule is CCCCCCC/C=C\C/C=C\C/C=C\CCCCCCCCCCCCCCCCCCCCCCCCCCCCC(=O)OC(COC(=O)CCCCCCCCCCCCCCCCCCC/C=C\CCCCCCCCCC)COC(OCC[N+](C)(C)C)C(=O)O. The third kappa shape index (κ3) is 78.5. The van der Waals surface area contributed by atoms with Crippen LogP contribution in [0.2, 0.25) is 0 Å². The maximum atomic E-state index is 13.0. The molecule has 2 unspecified atom stereocenters. The fourth-order valence-electron chi connectivity index (χ4n) is 12.7. The summed E-state index contributed by atoms with van der Waals surface area (Å²) in [6, 6.07) is 0. The summed E-state index contributed by atoms with van der Waals surface area (Å²) < 4.78 is 23.1. The quantitative estimate of drug-likeness (QED) is 0.0211. The van der Waals surface area contributed by atoms with Crippen LogP contribution < -0.4 is 0 Å². The number of aliphatic carboxylic acids is 1. The van der Waals surface area contributed by atoms with Gasteiger partial charge >= 0.3 is 17.9 Å². The molecule has 0 aromatic carbocycles. The molecule has 0 amide bonds. The fourth-order valence-corrected chi connectivity index (χ4v) is 12.7. The molecule has 2 atom stereocenters. The zero-order valence-electron chi connectivity index (χ0n) is 64.1. The van der Waals surface area contributed by atoms with E-state index in [1.54, 1.807) is 0 Å². The molecule has 0 saturated heterocycles. The first-order chi connectivity index (χ1) is 46.6. The molecular weight excluding hydrogens is 1170 g/mol. The van der Waals surface area contributed by atoms with Crippen molar-refractivity contribution in [3.63, 3.8) is 0 Å². The minimum atomic E-state index is -1.51. The number of rotatable bonds is 79. The lowest BCUT2D eigenvalue weighted by Crippen LogP contribution is -2.40. The van der Waals surface area contributed by atoms with E-state index in [0.29, 0.717) is 17.4 Å². The number of ether oxygens (including phenoxy) is 4. The van der Waals surface area contributed by atoms with Gasteiger partial charge in [0.25, 0.3) is 6.29 Å². The number of carboxylic acid groups (broad SMARTS) is 1. The maximum Gasteiger partial charge on any atom is 0.361 e. The van der Waals surface area contributed by atoms with E-state index in [1.165, 1.54) is 347 Å². The van der Waals surface area contributed by atoms with E-state index in [4.69, 9.17) is 18.9 Å². The van der Waals surface area contributed by atoms with Crippen molar-refractivity contribution in [1.82, 2.24) is 0 Å². The molecule has 0 spiro atoms. The maximum absolute atomic E-state index is 13.0. The van der Waals surface area contributed by atoms with Gasteiger partial charge in [0.1, 0.15) is 13.2 Å². The van der Waals surface area contributed by atoms with E-state index in [1.807, 2.05) is 21.1 Å². The van der Waals surface area contributed by atoms with Crippen molar-refractivity contribution in [3.8, 4) is 0 Å². The lowest BCUT2D eigenvalue weighted by atomic mass is 10.0. The van der Waals surface area contributed by atoms with E-state index in [0.717, 1.165) is 51.4 Å². The van der Waals surface area contributed by atoms with Crippen molar-refractivity contribution in [2.45, 2.75) is 437 Å². The van der Waals surface area contributed by atoms with Crippen LogP contribution in [0, 0.1) is 0 Å². The number of allylic oxidation sites excluding steroid dienone is 8. The first kappa shape index (κ1) is 92.2. The Balaban J connectivity index is 3.93. The number of carboxylic acids is 1. The molecule has 9 nitrogen and oxygen atoms in total. The van der Waals surface area contributed by atoms with Gasteiger partial charge in [-0.2, -0.15) is 0 Å². The van der Waals surface area contributed by atoms with Crippen LogP contribution in [0.3, 0.4) is 0 Å². The number of quaternary nitrogens is 1. The summed E-state index contributed by atoms with van der Waals surface area (Å²) in [6.45, 7) is 4.94. The molecule has 0 aliphatic heterocycles. The molecule has 0 aromatic rings. The minimum absolute atomic E-state index is 0.176. The molecule has 0 heterocycles. The normalized spacial score (nSPS) is 12.8. The van der Waals surface area contributed by atoms with Gasteiger partial charge in [0.2, 0.25) is 0 Å². The second kappa shape index (κ2) is 77.0. The third-order valence-corrected chi connectivity index (χ3v) is 19.1. The van der Waals surface area contributed by atoms with Crippen molar-refractivity contribution >= 4 is 17.9 Å². The van der Waals surface area contributed by atoms with Crippen LogP contribution in [-0.2, 0) is 33.3 Å². The molecule has 0 aliphatic carbocycles. The summed E-state index contributed by atoms with van der Waals surface area (Å²) in [6.07, 6.45) is 98.6. The smallest absolute Gasteiger partial charge is 0.361 e. The first-order valence-electron chi connectivity index (χ1n) is 41.8. The average molecular weight is 1340 g/mol. The Labute approximate surface area is 591 Å². The van der Waals surface area contributed by atoms with Gasteiger partial charge in [-0.05, 0) is 77.0 Å². The van der Waals surface area contributed by atoms with Gasteiger partial charge in [0.15, 0.2) is 6.10 Å². The molecule has 9 heteroatoms. The third-order valence-electron chi connectivity index (χ3n) is 19.1. The lowest BCUT2D eigenvalue weighted by Gasteiger charge is -2.25. The van der Waals surface area contributed by atoms with Crippen molar-refractivity contribution in [2.75, 3.05) is 47.5 Å². The highest BCUT2D eigenvalue weighted by Crippen LogP contribution is 2.20. The molecule has 558 valence electrons. The topological polar surface area (TPSA) is 108 Å². The highest BCUT2D eigenvalue weighted by Gasteiger charge is 2.25. The van der Waals surface area contributed by atoms with Crippen LogP contribution in [0.25, 0.3) is 0 Å². The van der Waals surface area contributed by atoms with Crippen molar-refractivity contribution in [3.05, 3.63) is 48.6 Å². The number of carbonyl (C=O) groups excluding carboxylic acids is 2. The summed E-state index contributed by atoms with van der Waals surface area (Å²) in [5.74, 6) is -1.97. The predicted molar refractivity (Wildman–Crippen MR) is 410 cm³/mol. The van der Waals surface area contributed by atoms with Crippen LogP contribution in [-0.4, -0.2) is 87.4 Å². The minimum Gasteiger partial charge on any atom is -0.477 e. The Kier molecular flexibility index (Phi) is 74.8. The summed E-state index contributed by atoms with van der Waals surface area (Å²) in [7, 11) is 6.00.